The van der Waals surface area contributed by atoms with Gasteiger partial charge in [-0.25, -0.2) is 14.4 Å². The molecule has 2 rings (SSSR count). The number of hydrogen-bond acceptors (Lipinski definition) is 4. The third-order valence-electron chi connectivity index (χ3n) is 2.34. The predicted octanol–water partition coefficient (Wildman–Crippen LogP) is 2.54. The van der Waals surface area contributed by atoms with Gasteiger partial charge in [0, 0.05) is 18.8 Å². The molecular formula is C13H14FN3O. The molecule has 94 valence electrons. The van der Waals surface area contributed by atoms with E-state index < -0.39 is 0 Å². The van der Waals surface area contributed by atoms with Gasteiger partial charge in [-0.2, -0.15) is 0 Å². The fourth-order valence-corrected chi connectivity index (χ4v) is 1.50. The van der Waals surface area contributed by atoms with Crippen molar-refractivity contribution in [2.75, 3.05) is 12.4 Å². The van der Waals surface area contributed by atoms with Crippen molar-refractivity contribution in [2.45, 2.75) is 13.5 Å². The summed E-state index contributed by atoms with van der Waals surface area (Å²) < 4.78 is 18.2. The molecule has 0 radical (unpaired) electrons. The van der Waals surface area contributed by atoms with Gasteiger partial charge in [0.05, 0.1) is 0 Å². The van der Waals surface area contributed by atoms with Gasteiger partial charge in [-0.3, -0.25) is 0 Å². The molecule has 5 heteroatoms. The highest BCUT2D eigenvalue weighted by Crippen LogP contribution is 2.13. The van der Waals surface area contributed by atoms with Crippen molar-refractivity contribution in [2.24, 2.45) is 0 Å². The Morgan fingerprint density at radius 2 is 1.94 bits per heavy atom. The number of hydrogen-bond donors (Lipinski definition) is 1. The van der Waals surface area contributed by atoms with Crippen molar-refractivity contribution in [3.8, 4) is 5.75 Å². The summed E-state index contributed by atoms with van der Waals surface area (Å²) in [4.78, 5) is 8.53. The minimum Gasteiger partial charge on any atom is -0.486 e. The summed E-state index contributed by atoms with van der Waals surface area (Å²) in [7, 11) is 1.80. The van der Waals surface area contributed by atoms with Crippen LogP contribution in [0.4, 0.5) is 10.2 Å². The van der Waals surface area contributed by atoms with Crippen LogP contribution in [0.15, 0.2) is 30.3 Å². The van der Waals surface area contributed by atoms with E-state index in [0.717, 1.165) is 11.5 Å². The van der Waals surface area contributed by atoms with Crippen LogP contribution in [0.3, 0.4) is 0 Å². The van der Waals surface area contributed by atoms with E-state index in [2.05, 4.69) is 15.3 Å². The van der Waals surface area contributed by atoms with Crippen LogP contribution < -0.4 is 10.1 Å². The fraction of sp³-hybridized carbons (Fsp3) is 0.231. The van der Waals surface area contributed by atoms with E-state index in [1.54, 1.807) is 19.2 Å². The number of halogens is 1. The number of aryl methyl sites for hydroxylation is 1. The molecule has 0 amide bonds. The Morgan fingerprint density at radius 3 is 2.61 bits per heavy atom. The zero-order valence-electron chi connectivity index (χ0n) is 10.3. The quantitative estimate of drug-likeness (QED) is 0.902. The zero-order chi connectivity index (χ0) is 13.0. The van der Waals surface area contributed by atoms with Crippen LogP contribution in [0.5, 0.6) is 5.75 Å². The first-order valence-electron chi connectivity index (χ1n) is 5.58. The smallest absolute Gasteiger partial charge is 0.168 e. The molecule has 0 aliphatic carbocycles. The number of aromatic nitrogens is 2. The Bertz CT molecular complexity index is 528. The molecule has 0 atom stereocenters. The van der Waals surface area contributed by atoms with Crippen LogP contribution in [0.25, 0.3) is 0 Å². The molecule has 0 saturated carbocycles. The lowest BCUT2D eigenvalue weighted by molar-refractivity contribution is 0.295. The highest BCUT2D eigenvalue weighted by Gasteiger charge is 2.02. The molecule has 1 aromatic heterocycles. The van der Waals surface area contributed by atoms with Crippen LogP contribution in [0, 0.1) is 12.7 Å². The maximum Gasteiger partial charge on any atom is 0.168 e. The summed E-state index contributed by atoms with van der Waals surface area (Å²) in [5.41, 5.74) is 0.868. The lowest BCUT2D eigenvalue weighted by atomic mass is 10.3. The van der Waals surface area contributed by atoms with Crippen molar-refractivity contribution in [1.29, 1.82) is 0 Å². The van der Waals surface area contributed by atoms with Gasteiger partial charge in [0.15, 0.2) is 5.82 Å². The number of nitrogens with zero attached hydrogens (tertiary/aromatic N) is 2. The molecule has 0 bridgehead atoms. The fourth-order valence-electron chi connectivity index (χ4n) is 1.50. The van der Waals surface area contributed by atoms with Crippen LogP contribution in [-0.2, 0) is 6.61 Å². The van der Waals surface area contributed by atoms with E-state index in [-0.39, 0.29) is 12.4 Å². The highest BCUT2D eigenvalue weighted by molar-refractivity contribution is 5.34. The normalized spacial score (nSPS) is 10.2. The van der Waals surface area contributed by atoms with Crippen molar-refractivity contribution in [3.63, 3.8) is 0 Å². The third kappa shape index (κ3) is 3.16. The van der Waals surface area contributed by atoms with E-state index in [9.17, 15) is 4.39 Å². The van der Waals surface area contributed by atoms with Crippen molar-refractivity contribution >= 4 is 5.82 Å². The minimum atomic E-state index is -0.286. The van der Waals surface area contributed by atoms with Crippen molar-refractivity contribution < 1.29 is 9.13 Å². The number of anilines is 1. The number of nitrogens with one attached hydrogen (secondary N) is 1. The van der Waals surface area contributed by atoms with Gasteiger partial charge in [-0.15, -0.1) is 0 Å². The lowest BCUT2D eigenvalue weighted by Crippen LogP contribution is -2.05. The Labute approximate surface area is 105 Å². The first kappa shape index (κ1) is 12.3. The molecule has 1 N–H and O–H groups in total. The maximum atomic E-state index is 12.7. The maximum absolute atomic E-state index is 12.7. The van der Waals surface area contributed by atoms with Crippen molar-refractivity contribution in [3.05, 3.63) is 47.7 Å². The first-order valence-corrected chi connectivity index (χ1v) is 5.58. The third-order valence-corrected chi connectivity index (χ3v) is 2.34. The predicted molar refractivity (Wildman–Crippen MR) is 67.0 cm³/mol. The molecule has 1 heterocycles. The van der Waals surface area contributed by atoms with Gasteiger partial charge in [0.2, 0.25) is 0 Å². The van der Waals surface area contributed by atoms with Crippen LogP contribution in [0.2, 0.25) is 0 Å². The summed E-state index contributed by atoms with van der Waals surface area (Å²) in [6.07, 6.45) is 0. The topological polar surface area (TPSA) is 47.0 Å². The highest BCUT2D eigenvalue weighted by atomic mass is 19.1. The Kier molecular flexibility index (Phi) is 3.72. The number of rotatable bonds is 4. The number of ether oxygens (including phenoxy) is 1. The summed E-state index contributed by atoms with van der Waals surface area (Å²) in [5.74, 6) is 1.64. The second kappa shape index (κ2) is 5.44. The molecule has 0 fully saturated rings. The second-order valence-electron chi connectivity index (χ2n) is 3.80. The summed E-state index contributed by atoms with van der Waals surface area (Å²) in [6, 6.07) is 7.70. The second-order valence-corrected chi connectivity index (χ2v) is 3.80. The van der Waals surface area contributed by atoms with Gasteiger partial charge >= 0.3 is 0 Å². The SMILES string of the molecule is CNc1cc(C)nc(COc2ccc(F)cc2)n1. The van der Waals surface area contributed by atoms with E-state index in [4.69, 9.17) is 4.74 Å². The van der Waals surface area contributed by atoms with Gasteiger partial charge in [-0.05, 0) is 31.2 Å². The minimum absolute atomic E-state index is 0.252. The first-order chi connectivity index (χ1) is 8.67. The van der Waals surface area contributed by atoms with Crippen LogP contribution >= 0.6 is 0 Å². The lowest BCUT2D eigenvalue weighted by Gasteiger charge is -2.07. The molecule has 0 unspecified atom stereocenters. The van der Waals surface area contributed by atoms with Crippen LogP contribution in [0.1, 0.15) is 11.5 Å². The summed E-state index contributed by atoms with van der Waals surface area (Å²) >= 11 is 0. The standard InChI is InChI=1S/C13H14FN3O/c1-9-7-12(15-2)17-13(16-9)8-18-11-5-3-10(14)4-6-11/h3-7H,8H2,1-2H3,(H,15,16,17). The van der Waals surface area contributed by atoms with E-state index >= 15 is 0 Å². The van der Waals surface area contributed by atoms with Gasteiger partial charge < -0.3 is 10.1 Å². The molecule has 4 nitrogen and oxygen atoms in total. The average Bonchev–Trinajstić information content (AvgIpc) is 2.37. The Balaban J connectivity index is 2.05. The Hall–Kier alpha value is -2.17. The van der Waals surface area contributed by atoms with Gasteiger partial charge in [0.25, 0.3) is 0 Å². The zero-order valence-corrected chi connectivity index (χ0v) is 10.3. The Morgan fingerprint density at radius 1 is 1.22 bits per heavy atom. The molecular weight excluding hydrogens is 233 g/mol. The largest absolute Gasteiger partial charge is 0.486 e. The molecule has 2 aromatic rings. The summed E-state index contributed by atoms with van der Waals surface area (Å²) in [6.45, 7) is 2.14. The summed E-state index contributed by atoms with van der Waals surface area (Å²) in [5, 5.41) is 2.96. The van der Waals surface area contributed by atoms with Crippen LogP contribution in [-0.4, -0.2) is 17.0 Å². The van der Waals surface area contributed by atoms with E-state index in [0.29, 0.717) is 11.6 Å². The average molecular weight is 247 g/mol. The van der Waals surface area contributed by atoms with Gasteiger partial charge in [-0.1, -0.05) is 0 Å². The van der Waals surface area contributed by atoms with Crippen molar-refractivity contribution in [1.82, 2.24) is 9.97 Å². The van der Waals surface area contributed by atoms with E-state index in [1.165, 1.54) is 12.1 Å². The molecule has 0 aliphatic heterocycles. The monoisotopic (exact) mass is 247 g/mol. The van der Waals surface area contributed by atoms with Gasteiger partial charge in [0.1, 0.15) is 24.0 Å². The molecule has 18 heavy (non-hydrogen) atoms. The molecule has 0 aliphatic rings. The molecule has 0 spiro atoms. The number of benzene rings is 1. The van der Waals surface area contributed by atoms with E-state index in [1.807, 2.05) is 13.0 Å². The molecule has 1 aromatic carbocycles. The molecule has 0 saturated heterocycles.